The first-order valence-electron chi connectivity index (χ1n) is 4.86. The van der Waals surface area contributed by atoms with Crippen molar-refractivity contribution >= 4 is 40.2 Å². The lowest BCUT2D eigenvalue weighted by Gasteiger charge is -2.07. The molecule has 0 unspecified atom stereocenters. The second-order valence-corrected chi connectivity index (χ2v) is 5.39. The molecule has 17 heavy (non-hydrogen) atoms. The number of ether oxygens (including phenoxy) is 1. The summed E-state index contributed by atoms with van der Waals surface area (Å²) in [6, 6.07) is 5.56. The number of hydrogen-bond acceptors (Lipinski definition) is 4. The Labute approximate surface area is 113 Å². The summed E-state index contributed by atoms with van der Waals surface area (Å²) in [7, 11) is 1.59. The van der Waals surface area contributed by atoms with Gasteiger partial charge in [-0.15, -0.1) is 11.3 Å². The maximum atomic E-state index is 6.02. The summed E-state index contributed by atoms with van der Waals surface area (Å²) in [6.07, 6.45) is 1.76. The van der Waals surface area contributed by atoms with E-state index in [-0.39, 0.29) is 0 Å². The standard InChI is InChI=1S/C11H10Cl2N2OS/c1-16-10-3-2-7(4-9(10)12)14-5-8-6-15-11(13)17-8/h2-4,6,14H,5H2,1H3. The van der Waals surface area contributed by atoms with E-state index in [0.29, 0.717) is 21.8 Å². The molecule has 0 atom stereocenters. The van der Waals surface area contributed by atoms with Gasteiger partial charge in [-0.05, 0) is 18.2 Å². The average Bonchev–Trinajstić information content (AvgIpc) is 2.73. The molecule has 1 aromatic carbocycles. The SMILES string of the molecule is COc1ccc(NCc2cnc(Cl)s2)cc1Cl. The highest BCUT2D eigenvalue weighted by atomic mass is 35.5. The van der Waals surface area contributed by atoms with Gasteiger partial charge in [-0.2, -0.15) is 0 Å². The van der Waals surface area contributed by atoms with Crippen molar-refractivity contribution in [2.45, 2.75) is 6.54 Å². The highest BCUT2D eigenvalue weighted by Gasteiger charge is 2.03. The normalized spacial score (nSPS) is 10.3. The monoisotopic (exact) mass is 288 g/mol. The number of benzene rings is 1. The lowest BCUT2D eigenvalue weighted by atomic mass is 10.3. The molecule has 0 aliphatic heterocycles. The van der Waals surface area contributed by atoms with Crippen molar-refractivity contribution in [2.75, 3.05) is 12.4 Å². The molecule has 1 N–H and O–H groups in total. The van der Waals surface area contributed by atoms with Gasteiger partial charge in [-0.1, -0.05) is 23.2 Å². The van der Waals surface area contributed by atoms with Crippen LogP contribution in [0.1, 0.15) is 4.88 Å². The lowest BCUT2D eigenvalue weighted by Crippen LogP contribution is -1.97. The Kier molecular flexibility index (Phi) is 4.10. The Morgan fingerprint density at radius 3 is 2.82 bits per heavy atom. The highest BCUT2D eigenvalue weighted by molar-refractivity contribution is 7.15. The maximum absolute atomic E-state index is 6.02. The fraction of sp³-hybridized carbons (Fsp3) is 0.182. The summed E-state index contributed by atoms with van der Waals surface area (Å²) in [5.41, 5.74) is 0.931. The smallest absolute Gasteiger partial charge is 0.183 e. The molecule has 0 fully saturated rings. The van der Waals surface area contributed by atoms with Gasteiger partial charge in [0.25, 0.3) is 0 Å². The second kappa shape index (κ2) is 5.58. The zero-order valence-electron chi connectivity index (χ0n) is 9.04. The Morgan fingerprint density at radius 1 is 1.41 bits per heavy atom. The third kappa shape index (κ3) is 3.25. The van der Waals surface area contributed by atoms with Crippen LogP contribution >= 0.6 is 34.5 Å². The number of nitrogens with zero attached hydrogens (tertiary/aromatic N) is 1. The van der Waals surface area contributed by atoms with E-state index in [4.69, 9.17) is 27.9 Å². The topological polar surface area (TPSA) is 34.1 Å². The fourth-order valence-electron chi connectivity index (χ4n) is 1.33. The van der Waals surface area contributed by atoms with Crippen LogP contribution < -0.4 is 10.1 Å². The molecular weight excluding hydrogens is 279 g/mol. The van der Waals surface area contributed by atoms with Gasteiger partial charge in [0.2, 0.25) is 0 Å². The molecule has 2 rings (SSSR count). The lowest BCUT2D eigenvalue weighted by molar-refractivity contribution is 0.415. The summed E-state index contributed by atoms with van der Waals surface area (Å²) in [6.45, 7) is 0.674. The van der Waals surface area contributed by atoms with E-state index in [2.05, 4.69) is 10.3 Å². The minimum absolute atomic E-state index is 0.551. The van der Waals surface area contributed by atoms with Crippen LogP contribution in [0.25, 0.3) is 0 Å². The zero-order valence-corrected chi connectivity index (χ0v) is 11.4. The molecule has 0 amide bonds. The molecule has 0 spiro atoms. The van der Waals surface area contributed by atoms with Gasteiger partial charge in [0.15, 0.2) is 4.47 Å². The molecule has 0 bridgehead atoms. The van der Waals surface area contributed by atoms with Crippen LogP contribution in [-0.4, -0.2) is 12.1 Å². The number of anilines is 1. The van der Waals surface area contributed by atoms with E-state index < -0.39 is 0 Å². The Bertz CT molecular complexity index is 516. The summed E-state index contributed by atoms with van der Waals surface area (Å²) in [5, 5.41) is 3.82. The quantitative estimate of drug-likeness (QED) is 0.921. The third-order valence-corrected chi connectivity index (χ3v) is 3.55. The van der Waals surface area contributed by atoms with Gasteiger partial charge >= 0.3 is 0 Å². The summed E-state index contributed by atoms with van der Waals surface area (Å²) in [4.78, 5) is 5.04. The van der Waals surface area contributed by atoms with Crippen molar-refractivity contribution in [2.24, 2.45) is 0 Å². The van der Waals surface area contributed by atoms with Crippen molar-refractivity contribution in [1.29, 1.82) is 0 Å². The number of thiazole rings is 1. The van der Waals surface area contributed by atoms with Crippen molar-refractivity contribution in [3.8, 4) is 5.75 Å². The van der Waals surface area contributed by atoms with E-state index in [0.717, 1.165) is 10.6 Å². The molecule has 1 aromatic heterocycles. The van der Waals surface area contributed by atoms with E-state index in [1.807, 2.05) is 18.2 Å². The minimum atomic E-state index is 0.551. The molecule has 0 saturated carbocycles. The van der Waals surface area contributed by atoms with Gasteiger partial charge in [0.1, 0.15) is 5.75 Å². The van der Waals surface area contributed by atoms with Gasteiger partial charge in [-0.25, -0.2) is 4.98 Å². The first kappa shape index (κ1) is 12.5. The maximum Gasteiger partial charge on any atom is 0.183 e. The van der Waals surface area contributed by atoms with Crippen LogP contribution in [0, 0.1) is 0 Å². The second-order valence-electron chi connectivity index (χ2n) is 3.28. The number of halogens is 2. The van der Waals surface area contributed by atoms with Crippen LogP contribution in [0.15, 0.2) is 24.4 Å². The van der Waals surface area contributed by atoms with Crippen LogP contribution in [-0.2, 0) is 6.54 Å². The molecule has 0 aliphatic rings. The molecular formula is C11H10Cl2N2OS. The third-order valence-electron chi connectivity index (χ3n) is 2.14. The number of aromatic nitrogens is 1. The van der Waals surface area contributed by atoms with Gasteiger partial charge in [-0.3, -0.25) is 0 Å². The highest BCUT2D eigenvalue weighted by Crippen LogP contribution is 2.27. The van der Waals surface area contributed by atoms with Gasteiger partial charge in [0.05, 0.1) is 18.7 Å². The molecule has 90 valence electrons. The van der Waals surface area contributed by atoms with E-state index in [1.54, 1.807) is 13.3 Å². The zero-order chi connectivity index (χ0) is 12.3. The van der Waals surface area contributed by atoms with Crippen molar-refractivity contribution in [3.05, 3.63) is 38.8 Å². The van der Waals surface area contributed by atoms with E-state index in [9.17, 15) is 0 Å². The van der Waals surface area contributed by atoms with Crippen molar-refractivity contribution in [1.82, 2.24) is 4.98 Å². The molecule has 1 heterocycles. The molecule has 3 nitrogen and oxygen atoms in total. The molecule has 0 saturated heterocycles. The van der Waals surface area contributed by atoms with Crippen LogP contribution in [0.4, 0.5) is 5.69 Å². The summed E-state index contributed by atoms with van der Waals surface area (Å²) in [5.74, 6) is 0.665. The summed E-state index contributed by atoms with van der Waals surface area (Å²) < 4.78 is 5.63. The van der Waals surface area contributed by atoms with Crippen LogP contribution in [0.5, 0.6) is 5.75 Å². The Morgan fingerprint density at radius 2 is 2.24 bits per heavy atom. The molecule has 0 radical (unpaired) electrons. The predicted octanol–water partition coefficient (Wildman–Crippen LogP) is 4.07. The van der Waals surface area contributed by atoms with E-state index in [1.165, 1.54) is 11.3 Å². The van der Waals surface area contributed by atoms with Crippen molar-refractivity contribution in [3.63, 3.8) is 0 Å². The number of nitrogens with one attached hydrogen (secondary N) is 1. The Hall–Kier alpha value is -0.970. The molecule has 6 heteroatoms. The number of hydrogen-bond donors (Lipinski definition) is 1. The van der Waals surface area contributed by atoms with Crippen LogP contribution in [0.3, 0.4) is 0 Å². The molecule has 2 aromatic rings. The molecule has 0 aliphatic carbocycles. The largest absolute Gasteiger partial charge is 0.495 e. The first-order chi connectivity index (χ1) is 8.19. The predicted molar refractivity (Wildman–Crippen MR) is 72.5 cm³/mol. The van der Waals surface area contributed by atoms with Crippen molar-refractivity contribution < 1.29 is 4.74 Å². The minimum Gasteiger partial charge on any atom is -0.495 e. The summed E-state index contributed by atoms with van der Waals surface area (Å²) >= 11 is 13.2. The van der Waals surface area contributed by atoms with E-state index >= 15 is 0 Å². The van der Waals surface area contributed by atoms with Gasteiger partial charge in [0, 0.05) is 16.8 Å². The van der Waals surface area contributed by atoms with Crippen LogP contribution in [0.2, 0.25) is 9.49 Å². The fourth-order valence-corrected chi connectivity index (χ4v) is 2.51. The number of methoxy groups -OCH3 is 1. The first-order valence-corrected chi connectivity index (χ1v) is 6.44. The average molecular weight is 289 g/mol. The number of rotatable bonds is 4. The van der Waals surface area contributed by atoms with Gasteiger partial charge < -0.3 is 10.1 Å². The Balaban J connectivity index is 2.02.